The molecule has 0 radical (unpaired) electrons. The third-order valence-electron chi connectivity index (χ3n) is 1.08. The van der Waals surface area contributed by atoms with Crippen molar-refractivity contribution in [1.82, 2.24) is 0 Å². The Morgan fingerprint density at radius 3 is 2.83 bits per heavy atom. The molecule has 0 N–H and O–H groups in total. The van der Waals surface area contributed by atoms with Crippen LogP contribution in [0.4, 0.5) is 0 Å². The second kappa shape index (κ2) is 5.17. The number of benzene rings is 1. The lowest BCUT2D eigenvalue weighted by molar-refractivity contribution is 0.146. The minimum absolute atomic E-state index is 0.0474. The Kier molecular flexibility index (Phi) is 1.58. The molecule has 0 heterocycles. The lowest BCUT2D eigenvalue weighted by Gasteiger charge is -2.04. The molecule has 0 saturated heterocycles. The van der Waals surface area contributed by atoms with E-state index < -0.39 is 20.2 Å². The third kappa shape index (κ3) is 3.24. The van der Waals surface area contributed by atoms with Gasteiger partial charge in [0.15, 0.2) is 0 Å². The van der Waals surface area contributed by atoms with Gasteiger partial charge in [-0.3, -0.25) is 0 Å². The van der Waals surface area contributed by atoms with Gasteiger partial charge in [0.05, 0.1) is 16.2 Å². The molecule has 0 saturated carbocycles. The Labute approximate surface area is 90.5 Å². The lowest BCUT2D eigenvalue weighted by atomic mass is 10.3. The summed E-state index contributed by atoms with van der Waals surface area (Å²) in [5.41, 5.74) is 0. The van der Waals surface area contributed by atoms with Gasteiger partial charge in [-0.15, -0.1) is 0 Å². The zero-order valence-electron chi connectivity index (χ0n) is 13.0. The quantitative estimate of drug-likeness (QED) is 0.802. The van der Waals surface area contributed by atoms with Crippen LogP contribution in [0.5, 0.6) is 5.75 Å². The Balaban J connectivity index is 2.87. The third-order valence-corrected chi connectivity index (χ3v) is 1.60. The summed E-state index contributed by atoms with van der Waals surface area (Å²) in [6.45, 7) is -6.10. The van der Waals surface area contributed by atoms with Crippen LogP contribution in [0.15, 0.2) is 28.7 Å². The molecule has 66 valence electrons. The number of methoxy groups -OCH3 is 1. The van der Waals surface area contributed by atoms with Crippen LogP contribution in [0.3, 0.4) is 0 Å². The van der Waals surface area contributed by atoms with Gasteiger partial charge in [-0.1, -0.05) is 15.9 Å². The summed E-state index contributed by atoms with van der Waals surface area (Å²) in [4.78, 5) is 0. The molecule has 1 rings (SSSR count). The van der Waals surface area contributed by atoms with Crippen LogP contribution in [0, 0.1) is 0 Å². The molecule has 0 aliphatic heterocycles. The van der Waals surface area contributed by atoms with Gasteiger partial charge in [-0.2, -0.15) is 0 Å². The molecule has 1 aromatic rings. The summed E-state index contributed by atoms with van der Waals surface area (Å²) in [6.07, 6.45) is 0. The van der Waals surface area contributed by atoms with Crippen LogP contribution in [0.25, 0.3) is 0 Å². The maximum Gasteiger partial charge on any atom is 0.119 e. The maximum absolute atomic E-state index is 7.48. The summed E-state index contributed by atoms with van der Waals surface area (Å²) < 4.78 is 59.8. The van der Waals surface area contributed by atoms with Gasteiger partial charge >= 0.3 is 0 Å². The molecule has 1 aromatic carbocycles. The molecule has 0 spiro atoms. The zero-order chi connectivity index (χ0) is 14.9. The van der Waals surface area contributed by atoms with Crippen LogP contribution in [0.1, 0.15) is 9.60 Å². The fraction of sp³-hybridized carbons (Fsp3) is 0.333. The number of hydrogen-bond acceptors (Lipinski definition) is 2. The largest absolute Gasteiger partial charge is 0.491 e. The number of hydrogen-bond donors (Lipinski definition) is 0. The molecule has 0 bridgehead atoms. The van der Waals surface area contributed by atoms with Crippen molar-refractivity contribution in [2.24, 2.45) is 0 Å². The molecular weight excluding hydrogens is 220 g/mol. The fourth-order valence-electron chi connectivity index (χ4n) is 0.603. The molecule has 0 aliphatic carbocycles. The maximum atomic E-state index is 7.48. The summed E-state index contributed by atoms with van der Waals surface area (Å²) >= 11 is 3.18. The van der Waals surface area contributed by atoms with E-state index in [9.17, 15) is 0 Å². The van der Waals surface area contributed by atoms with Gasteiger partial charge in [-0.05, 0) is 24.3 Å². The summed E-state index contributed by atoms with van der Waals surface area (Å²) in [6, 6.07) is 5.97. The minimum Gasteiger partial charge on any atom is -0.491 e. The molecular formula is C9H11BrO2. The first-order valence-corrected chi connectivity index (χ1v) is 3.87. The monoisotopic (exact) mass is 237 g/mol. The molecule has 0 aliphatic rings. The highest BCUT2D eigenvalue weighted by Gasteiger charge is 1.91. The molecule has 0 amide bonds. The number of rotatable bonds is 4. The summed E-state index contributed by atoms with van der Waals surface area (Å²) in [7, 11) is -3.07. The van der Waals surface area contributed by atoms with E-state index in [1.807, 2.05) is 0 Å². The summed E-state index contributed by atoms with van der Waals surface area (Å²) in [5, 5.41) is 0. The number of halogens is 1. The molecule has 0 unspecified atom stereocenters. The highest BCUT2D eigenvalue weighted by Crippen LogP contribution is 2.15. The Bertz CT molecular complexity index is 429. The van der Waals surface area contributed by atoms with E-state index in [-0.39, 0.29) is 5.75 Å². The SMILES string of the molecule is [2H]C([2H])([2H])OC([2H])([2H])C([2H])([2H])Oc1ccc(Br)cc1. The predicted octanol–water partition coefficient (Wildman–Crippen LogP) is 2.47. The molecule has 0 fully saturated rings. The van der Waals surface area contributed by atoms with Crippen molar-refractivity contribution >= 4 is 15.9 Å². The molecule has 0 aromatic heterocycles. The van der Waals surface area contributed by atoms with Gasteiger partial charge < -0.3 is 9.47 Å². The molecule has 2 nitrogen and oxygen atoms in total. The molecule has 3 heteroatoms. The van der Waals surface area contributed by atoms with Crippen LogP contribution in [-0.4, -0.2) is 20.2 Å². The zero-order valence-corrected chi connectivity index (χ0v) is 7.59. The fourth-order valence-corrected chi connectivity index (χ4v) is 0.868. The number of ether oxygens (including phenoxy) is 2. The molecule has 0 atom stereocenters. The normalized spacial score (nSPS) is 21.9. The summed E-state index contributed by atoms with van der Waals surface area (Å²) in [5.74, 6) is 0.0474. The van der Waals surface area contributed by atoms with E-state index in [1.54, 1.807) is 12.1 Å². The Morgan fingerprint density at radius 1 is 1.42 bits per heavy atom. The highest BCUT2D eigenvalue weighted by atomic mass is 79.9. The van der Waals surface area contributed by atoms with Gasteiger partial charge in [0.2, 0.25) is 0 Å². The van der Waals surface area contributed by atoms with Crippen LogP contribution >= 0.6 is 15.9 Å². The second-order valence-electron chi connectivity index (χ2n) is 1.86. The van der Waals surface area contributed by atoms with E-state index in [2.05, 4.69) is 20.7 Å². The van der Waals surface area contributed by atoms with E-state index in [4.69, 9.17) is 14.3 Å². The first kappa shape index (κ1) is 3.68. The minimum atomic E-state index is -3.13. The van der Waals surface area contributed by atoms with Gasteiger partial charge in [0.25, 0.3) is 0 Å². The van der Waals surface area contributed by atoms with Crippen molar-refractivity contribution < 1.29 is 19.1 Å². The van der Waals surface area contributed by atoms with Crippen LogP contribution < -0.4 is 4.74 Å². The van der Waals surface area contributed by atoms with E-state index in [0.717, 1.165) is 4.47 Å². The highest BCUT2D eigenvalue weighted by molar-refractivity contribution is 9.10. The first-order valence-electron chi connectivity index (χ1n) is 6.58. The Hall–Kier alpha value is -0.540. The van der Waals surface area contributed by atoms with E-state index in [1.165, 1.54) is 12.1 Å². The van der Waals surface area contributed by atoms with Crippen LogP contribution in [0.2, 0.25) is 0 Å². The van der Waals surface area contributed by atoms with Crippen molar-refractivity contribution in [2.45, 2.75) is 0 Å². The lowest BCUT2D eigenvalue weighted by Crippen LogP contribution is -2.03. The van der Waals surface area contributed by atoms with Crippen LogP contribution in [-0.2, 0) is 4.74 Å². The van der Waals surface area contributed by atoms with Crippen molar-refractivity contribution in [2.75, 3.05) is 20.2 Å². The molecule has 12 heavy (non-hydrogen) atoms. The van der Waals surface area contributed by atoms with E-state index >= 15 is 0 Å². The average molecular weight is 238 g/mol. The first-order chi connectivity index (χ1) is 8.43. The van der Waals surface area contributed by atoms with Gasteiger partial charge in [0.1, 0.15) is 12.3 Å². The standard InChI is InChI=1S/C9H11BrO2/c1-11-6-7-12-9-4-2-8(10)3-5-9/h2-5H,6-7H2,1H3/i1D3,6D2,7D2. The van der Waals surface area contributed by atoms with Crippen molar-refractivity contribution in [1.29, 1.82) is 0 Å². The Morgan fingerprint density at radius 2 is 2.17 bits per heavy atom. The van der Waals surface area contributed by atoms with Crippen molar-refractivity contribution in [3.05, 3.63) is 28.7 Å². The van der Waals surface area contributed by atoms with Crippen molar-refractivity contribution in [3.8, 4) is 5.75 Å². The average Bonchev–Trinajstić information content (AvgIpc) is 2.17. The topological polar surface area (TPSA) is 18.5 Å². The predicted molar refractivity (Wildman–Crippen MR) is 51.5 cm³/mol. The van der Waals surface area contributed by atoms with Crippen molar-refractivity contribution in [3.63, 3.8) is 0 Å². The smallest absolute Gasteiger partial charge is 0.119 e. The van der Waals surface area contributed by atoms with Gasteiger partial charge in [0, 0.05) is 11.5 Å². The second-order valence-corrected chi connectivity index (χ2v) is 2.78. The van der Waals surface area contributed by atoms with E-state index in [0.29, 0.717) is 0 Å². The van der Waals surface area contributed by atoms with Gasteiger partial charge in [-0.25, -0.2) is 0 Å².